The van der Waals surface area contributed by atoms with E-state index in [-0.39, 0.29) is 18.0 Å². The second kappa shape index (κ2) is 14.8. The Morgan fingerprint density at radius 2 is 1.49 bits per heavy atom. The SMILES string of the molecule is CC(C)CC(NC(=O)C(NC(=O)c1cccc(-c2ccccc2)n1)C(C)O)B1OC(=O)[C@H]2CN(c3ccccc3)C[C@H](C(=O)O1)N2C. The van der Waals surface area contributed by atoms with Crippen LogP contribution in [0, 0.1) is 5.92 Å². The van der Waals surface area contributed by atoms with Crippen LogP contribution in [0.4, 0.5) is 5.69 Å². The van der Waals surface area contributed by atoms with Gasteiger partial charge in [0.1, 0.15) is 23.8 Å². The van der Waals surface area contributed by atoms with E-state index in [1.165, 1.54) is 13.0 Å². The molecule has 1 aromatic heterocycles. The van der Waals surface area contributed by atoms with Crippen molar-refractivity contribution in [2.45, 2.75) is 57.4 Å². The molecular formula is C34H40BN5O7. The quantitative estimate of drug-likeness (QED) is 0.281. The Hall–Kier alpha value is -4.75. The highest BCUT2D eigenvalue weighted by atomic mass is 16.6. The largest absolute Gasteiger partial charge is 0.622 e. The molecule has 47 heavy (non-hydrogen) atoms. The number of hydrogen-bond donors (Lipinski definition) is 3. The van der Waals surface area contributed by atoms with E-state index in [1.807, 2.05) is 79.4 Å². The first-order valence-electron chi connectivity index (χ1n) is 15.8. The molecule has 2 bridgehead atoms. The Morgan fingerprint density at radius 3 is 2.06 bits per heavy atom. The molecule has 0 spiro atoms. The van der Waals surface area contributed by atoms with Gasteiger partial charge in [-0.25, -0.2) is 4.98 Å². The van der Waals surface area contributed by atoms with Gasteiger partial charge in [0.2, 0.25) is 5.91 Å². The number of aromatic nitrogens is 1. The topological polar surface area (TPSA) is 150 Å². The van der Waals surface area contributed by atoms with Gasteiger partial charge in [0, 0.05) is 24.3 Å². The van der Waals surface area contributed by atoms with Crippen LogP contribution in [0.2, 0.25) is 0 Å². The third-order valence-corrected chi connectivity index (χ3v) is 8.38. The summed E-state index contributed by atoms with van der Waals surface area (Å²) >= 11 is 0. The van der Waals surface area contributed by atoms with Gasteiger partial charge in [-0.2, -0.15) is 0 Å². The van der Waals surface area contributed by atoms with E-state index in [0.717, 1.165) is 11.3 Å². The molecule has 13 heteroatoms. The van der Waals surface area contributed by atoms with Crippen molar-refractivity contribution in [3.63, 3.8) is 0 Å². The molecule has 2 amide bonds. The number of carbonyl (C=O) groups excluding carboxylic acids is 4. The van der Waals surface area contributed by atoms with Crippen LogP contribution in [0.25, 0.3) is 11.3 Å². The Kier molecular flexibility index (Phi) is 10.6. The molecule has 0 saturated carbocycles. The van der Waals surface area contributed by atoms with Gasteiger partial charge in [0.05, 0.1) is 17.7 Å². The predicted octanol–water partition coefficient (Wildman–Crippen LogP) is 2.08. The Morgan fingerprint density at radius 1 is 0.894 bits per heavy atom. The zero-order chi connectivity index (χ0) is 33.7. The Labute approximate surface area is 274 Å². The molecule has 3 N–H and O–H groups in total. The fraction of sp³-hybridized carbons (Fsp3) is 0.382. The van der Waals surface area contributed by atoms with Gasteiger partial charge in [0.15, 0.2) is 0 Å². The monoisotopic (exact) mass is 641 g/mol. The number of benzene rings is 2. The first-order chi connectivity index (χ1) is 22.5. The minimum atomic E-state index is -1.42. The molecule has 2 aliphatic rings. The van der Waals surface area contributed by atoms with E-state index < -0.39 is 61.0 Å². The normalized spacial score (nSPS) is 20.3. The summed E-state index contributed by atoms with van der Waals surface area (Å²) in [7, 11) is 0.270. The number of nitrogens with one attached hydrogen (secondary N) is 2. The van der Waals surface area contributed by atoms with Gasteiger partial charge in [-0.15, -0.1) is 0 Å². The number of rotatable bonds is 10. The van der Waals surface area contributed by atoms with Crippen LogP contribution in [-0.4, -0.2) is 96.2 Å². The van der Waals surface area contributed by atoms with Crippen LogP contribution in [0.1, 0.15) is 37.7 Å². The molecule has 5 rings (SSSR count). The lowest BCUT2D eigenvalue weighted by Crippen LogP contribution is -2.67. The van der Waals surface area contributed by atoms with Crippen LogP contribution < -0.4 is 15.5 Å². The van der Waals surface area contributed by atoms with Crippen molar-refractivity contribution in [1.82, 2.24) is 20.5 Å². The molecule has 0 aliphatic carbocycles. The first kappa shape index (κ1) is 33.6. The van der Waals surface area contributed by atoms with Crippen LogP contribution in [0.3, 0.4) is 0 Å². The lowest BCUT2D eigenvalue weighted by atomic mass is 9.73. The number of nitrogens with zero attached hydrogens (tertiary/aromatic N) is 3. The van der Waals surface area contributed by atoms with Gasteiger partial charge in [0.25, 0.3) is 5.91 Å². The average molecular weight is 642 g/mol. The third-order valence-electron chi connectivity index (χ3n) is 8.38. The van der Waals surface area contributed by atoms with E-state index in [4.69, 9.17) is 9.31 Å². The second-order valence-electron chi connectivity index (χ2n) is 12.4. The summed E-state index contributed by atoms with van der Waals surface area (Å²) in [6.07, 6.45) is -1.02. The van der Waals surface area contributed by atoms with Crippen molar-refractivity contribution < 1.29 is 33.6 Å². The van der Waals surface area contributed by atoms with Crippen molar-refractivity contribution in [2.24, 2.45) is 5.92 Å². The highest BCUT2D eigenvalue weighted by Crippen LogP contribution is 2.26. The molecule has 5 atom stereocenters. The number of aliphatic hydroxyl groups excluding tert-OH is 1. The minimum absolute atomic E-state index is 0.0107. The van der Waals surface area contributed by atoms with Crippen LogP contribution in [0.5, 0.6) is 0 Å². The van der Waals surface area contributed by atoms with Crippen molar-refractivity contribution in [3.05, 3.63) is 84.6 Å². The number of amides is 2. The fourth-order valence-electron chi connectivity index (χ4n) is 5.84. The molecule has 2 saturated heterocycles. The predicted molar refractivity (Wildman–Crippen MR) is 176 cm³/mol. The highest BCUT2D eigenvalue weighted by Gasteiger charge is 2.50. The van der Waals surface area contributed by atoms with Crippen LogP contribution in [-0.2, 0) is 23.7 Å². The number of pyridine rings is 1. The summed E-state index contributed by atoms with van der Waals surface area (Å²) in [5.41, 5.74) is 2.32. The van der Waals surface area contributed by atoms with Gasteiger partial charge in [-0.1, -0.05) is 68.4 Å². The molecule has 0 radical (unpaired) electrons. The molecule has 246 valence electrons. The molecule has 12 nitrogen and oxygen atoms in total. The molecule has 3 aromatic rings. The first-order valence-corrected chi connectivity index (χ1v) is 15.8. The van der Waals surface area contributed by atoms with Crippen molar-refractivity contribution in [1.29, 1.82) is 0 Å². The number of para-hydroxylation sites is 1. The number of anilines is 1. The Bertz CT molecular complexity index is 1550. The summed E-state index contributed by atoms with van der Waals surface area (Å²) in [6.45, 7) is 5.79. The highest BCUT2D eigenvalue weighted by molar-refractivity contribution is 6.51. The van der Waals surface area contributed by atoms with Gasteiger partial charge >= 0.3 is 19.1 Å². The van der Waals surface area contributed by atoms with Gasteiger partial charge in [-0.3, -0.25) is 24.1 Å². The van der Waals surface area contributed by atoms with Crippen molar-refractivity contribution in [3.8, 4) is 11.3 Å². The molecule has 2 aliphatic heterocycles. The van der Waals surface area contributed by atoms with Crippen LogP contribution in [0.15, 0.2) is 78.9 Å². The minimum Gasteiger partial charge on any atom is -0.497 e. The maximum Gasteiger partial charge on any atom is 0.622 e. The molecule has 3 heterocycles. The summed E-state index contributed by atoms with van der Waals surface area (Å²) in [4.78, 5) is 62.0. The second-order valence-corrected chi connectivity index (χ2v) is 12.4. The number of fused-ring (bicyclic) bond motifs is 2. The summed E-state index contributed by atoms with van der Waals surface area (Å²) in [5, 5.41) is 15.9. The molecular weight excluding hydrogens is 601 g/mol. The standard InChI is InChI=1S/C34H40BN5O7/c1-21(2)18-29(35-46-33(44)27-19-40(24-14-9-6-10-15-24)20-28(39(27)4)34(45)47-35)37-32(43)30(22(3)41)38-31(42)26-17-11-16-25(36-26)23-12-7-5-8-13-23/h5-17,21-22,27-30,41H,18-20H2,1-4H3,(H,37,43)(H,38,42)/t22?,27-,28-,29?,30?/m1/s1. The van der Waals surface area contributed by atoms with E-state index in [0.29, 0.717) is 18.8 Å². The Balaban J connectivity index is 1.32. The molecule has 2 aromatic carbocycles. The number of aliphatic hydroxyl groups is 1. The van der Waals surface area contributed by atoms with Crippen LogP contribution >= 0.6 is 0 Å². The van der Waals surface area contributed by atoms with E-state index in [1.54, 1.807) is 24.1 Å². The van der Waals surface area contributed by atoms with E-state index in [2.05, 4.69) is 15.6 Å². The van der Waals surface area contributed by atoms with Crippen molar-refractivity contribution in [2.75, 3.05) is 25.0 Å². The number of hydrogen-bond acceptors (Lipinski definition) is 10. The third kappa shape index (κ3) is 7.98. The van der Waals surface area contributed by atoms with Gasteiger partial charge < -0.3 is 29.9 Å². The average Bonchev–Trinajstić information content (AvgIpc) is 3.06. The zero-order valence-corrected chi connectivity index (χ0v) is 26.9. The number of likely N-dealkylation sites (N-methyl/N-ethyl adjacent to an activating group) is 1. The smallest absolute Gasteiger partial charge is 0.497 e. The zero-order valence-electron chi connectivity index (χ0n) is 26.9. The summed E-state index contributed by atoms with van der Waals surface area (Å²) in [5.74, 6) is -3.55. The lowest BCUT2D eigenvalue weighted by Gasteiger charge is -2.45. The van der Waals surface area contributed by atoms with E-state index in [9.17, 15) is 24.3 Å². The molecule has 3 unspecified atom stereocenters. The maximum atomic E-state index is 13.6. The maximum absolute atomic E-state index is 13.6. The summed E-state index contributed by atoms with van der Waals surface area (Å²) < 4.78 is 11.6. The number of carbonyl (C=O) groups is 4. The van der Waals surface area contributed by atoms with E-state index >= 15 is 0 Å². The summed E-state index contributed by atoms with van der Waals surface area (Å²) in [6, 6.07) is 20.9. The molecule has 2 fully saturated rings. The van der Waals surface area contributed by atoms with Gasteiger partial charge in [-0.05, 0) is 50.6 Å². The fourth-order valence-corrected chi connectivity index (χ4v) is 5.84. The number of piperazine rings is 1. The van der Waals surface area contributed by atoms with Crippen molar-refractivity contribution >= 4 is 36.6 Å². The lowest BCUT2D eigenvalue weighted by molar-refractivity contribution is -0.155.